The third kappa shape index (κ3) is 3.96. The fraction of sp³-hybridized carbons (Fsp3) is 0.429. The predicted molar refractivity (Wildman–Crippen MR) is 109 cm³/mol. The van der Waals surface area contributed by atoms with E-state index in [2.05, 4.69) is 30.9 Å². The van der Waals surface area contributed by atoms with Crippen LogP contribution >= 0.6 is 0 Å². The molecular formula is C21H28N2O3S. The number of hydrogen-bond acceptors (Lipinski definition) is 4. The molecule has 1 heterocycles. The maximum atomic E-state index is 13.3. The summed E-state index contributed by atoms with van der Waals surface area (Å²) in [5.41, 5.74) is 3.22. The van der Waals surface area contributed by atoms with Crippen molar-refractivity contribution in [3.05, 3.63) is 53.6 Å². The Morgan fingerprint density at radius 1 is 1.00 bits per heavy atom. The molecule has 0 N–H and O–H groups in total. The summed E-state index contributed by atoms with van der Waals surface area (Å²) in [6, 6.07) is 13.7. The van der Waals surface area contributed by atoms with Crippen LogP contribution in [0.5, 0.6) is 5.75 Å². The maximum absolute atomic E-state index is 13.3. The number of sulfonamides is 1. The largest absolute Gasteiger partial charge is 0.495 e. The Bertz CT molecular complexity index is 887. The van der Waals surface area contributed by atoms with Crippen LogP contribution in [0.4, 0.5) is 5.69 Å². The van der Waals surface area contributed by atoms with Crippen molar-refractivity contribution < 1.29 is 13.2 Å². The highest BCUT2D eigenvalue weighted by Gasteiger charge is 2.31. The summed E-state index contributed by atoms with van der Waals surface area (Å²) in [5.74, 6) is 0.669. The van der Waals surface area contributed by atoms with Gasteiger partial charge in [0.1, 0.15) is 10.6 Å². The Morgan fingerprint density at radius 3 is 2.19 bits per heavy atom. The van der Waals surface area contributed by atoms with Crippen LogP contribution in [-0.2, 0) is 10.0 Å². The van der Waals surface area contributed by atoms with Crippen LogP contribution in [0.15, 0.2) is 47.4 Å². The van der Waals surface area contributed by atoms with Gasteiger partial charge in [-0.15, -0.1) is 0 Å². The van der Waals surface area contributed by atoms with Crippen molar-refractivity contribution in [2.75, 3.05) is 38.2 Å². The number of aryl methyl sites for hydroxylation is 1. The summed E-state index contributed by atoms with van der Waals surface area (Å²) in [6.07, 6.45) is 0. The third-order valence-electron chi connectivity index (χ3n) is 5.15. The van der Waals surface area contributed by atoms with Crippen molar-refractivity contribution in [2.45, 2.75) is 31.6 Å². The van der Waals surface area contributed by atoms with Crippen LogP contribution in [0.3, 0.4) is 0 Å². The molecule has 0 aliphatic carbocycles. The average Bonchev–Trinajstić information content (AvgIpc) is 2.68. The Hall–Kier alpha value is -2.05. The number of piperazine rings is 1. The summed E-state index contributed by atoms with van der Waals surface area (Å²) >= 11 is 0. The molecule has 146 valence electrons. The molecule has 0 aromatic heterocycles. The highest BCUT2D eigenvalue weighted by atomic mass is 32.2. The average molecular weight is 389 g/mol. The smallest absolute Gasteiger partial charge is 0.246 e. The van der Waals surface area contributed by atoms with Crippen LogP contribution in [-0.4, -0.2) is 46.0 Å². The van der Waals surface area contributed by atoms with Crippen molar-refractivity contribution in [2.24, 2.45) is 0 Å². The molecule has 0 saturated carbocycles. The van der Waals surface area contributed by atoms with E-state index in [-0.39, 0.29) is 10.8 Å². The lowest BCUT2D eigenvalue weighted by Crippen LogP contribution is -2.48. The molecule has 0 spiro atoms. The van der Waals surface area contributed by atoms with Gasteiger partial charge in [-0.3, -0.25) is 0 Å². The van der Waals surface area contributed by atoms with Gasteiger partial charge in [0.05, 0.1) is 7.11 Å². The van der Waals surface area contributed by atoms with Crippen LogP contribution in [0, 0.1) is 6.92 Å². The second-order valence-corrected chi connectivity index (χ2v) is 9.15. The van der Waals surface area contributed by atoms with E-state index in [9.17, 15) is 8.42 Å². The third-order valence-corrected chi connectivity index (χ3v) is 7.07. The van der Waals surface area contributed by atoms with Gasteiger partial charge in [0.25, 0.3) is 0 Å². The molecule has 1 aliphatic heterocycles. The molecule has 5 nitrogen and oxygen atoms in total. The first-order chi connectivity index (χ1) is 12.8. The fourth-order valence-corrected chi connectivity index (χ4v) is 5.22. The molecule has 0 atom stereocenters. The van der Waals surface area contributed by atoms with Crippen molar-refractivity contribution in [3.8, 4) is 5.75 Å². The van der Waals surface area contributed by atoms with E-state index in [4.69, 9.17) is 4.74 Å². The number of para-hydroxylation sites is 1. The van der Waals surface area contributed by atoms with Gasteiger partial charge in [0, 0.05) is 31.9 Å². The monoisotopic (exact) mass is 388 g/mol. The van der Waals surface area contributed by atoms with Gasteiger partial charge in [0.2, 0.25) is 10.0 Å². The Kier molecular flexibility index (Phi) is 5.77. The van der Waals surface area contributed by atoms with Gasteiger partial charge in [0.15, 0.2) is 0 Å². The predicted octanol–water partition coefficient (Wildman–Crippen LogP) is 3.64. The Balaban J connectivity index is 1.86. The number of ether oxygens (including phenoxy) is 1. The standard InChI is InChI=1S/C21H28N2O3S/c1-16(2)19-15-21(20(26-4)14-17(19)3)27(24,25)23-12-10-22(11-13-23)18-8-6-5-7-9-18/h5-9,14-16H,10-13H2,1-4H3. The van der Waals surface area contributed by atoms with E-state index in [1.165, 1.54) is 7.11 Å². The first-order valence-electron chi connectivity index (χ1n) is 9.33. The normalized spacial score (nSPS) is 16.0. The molecule has 27 heavy (non-hydrogen) atoms. The highest BCUT2D eigenvalue weighted by molar-refractivity contribution is 7.89. The van der Waals surface area contributed by atoms with Gasteiger partial charge in [-0.25, -0.2) is 8.42 Å². The molecule has 0 amide bonds. The molecule has 2 aromatic carbocycles. The summed E-state index contributed by atoms with van der Waals surface area (Å²) in [6.45, 7) is 8.42. The van der Waals surface area contributed by atoms with Gasteiger partial charge in [-0.2, -0.15) is 4.31 Å². The summed E-state index contributed by atoms with van der Waals surface area (Å²) in [4.78, 5) is 2.49. The van der Waals surface area contributed by atoms with Gasteiger partial charge < -0.3 is 9.64 Å². The summed E-state index contributed by atoms with van der Waals surface area (Å²) in [7, 11) is -2.08. The maximum Gasteiger partial charge on any atom is 0.246 e. The van der Waals surface area contributed by atoms with Crippen molar-refractivity contribution >= 4 is 15.7 Å². The van der Waals surface area contributed by atoms with Crippen LogP contribution in [0.25, 0.3) is 0 Å². The molecule has 3 rings (SSSR count). The van der Waals surface area contributed by atoms with E-state index < -0.39 is 10.0 Å². The van der Waals surface area contributed by atoms with Gasteiger partial charge in [-0.05, 0) is 48.2 Å². The zero-order chi connectivity index (χ0) is 19.6. The second kappa shape index (κ2) is 7.90. The van der Waals surface area contributed by atoms with Crippen molar-refractivity contribution in [1.29, 1.82) is 0 Å². The van der Waals surface area contributed by atoms with Crippen LogP contribution in [0.1, 0.15) is 30.9 Å². The number of rotatable bonds is 5. The summed E-state index contributed by atoms with van der Waals surface area (Å²) in [5, 5.41) is 0. The molecule has 2 aromatic rings. The van der Waals surface area contributed by atoms with E-state index >= 15 is 0 Å². The molecule has 1 aliphatic rings. The first-order valence-corrected chi connectivity index (χ1v) is 10.8. The lowest BCUT2D eigenvalue weighted by molar-refractivity contribution is 0.374. The van der Waals surface area contributed by atoms with Crippen molar-refractivity contribution in [1.82, 2.24) is 4.31 Å². The van der Waals surface area contributed by atoms with E-state index in [0.29, 0.717) is 31.9 Å². The molecule has 1 saturated heterocycles. The molecule has 0 radical (unpaired) electrons. The lowest BCUT2D eigenvalue weighted by atomic mass is 9.98. The minimum Gasteiger partial charge on any atom is -0.495 e. The lowest BCUT2D eigenvalue weighted by Gasteiger charge is -2.35. The topological polar surface area (TPSA) is 49.9 Å². The molecule has 6 heteroatoms. The number of anilines is 1. The van der Waals surface area contributed by atoms with E-state index in [0.717, 1.165) is 16.8 Å². The van der Waals surface area contributed by atoms with Crippen LogP contribution in [0.2, 0.25) is 0 Å². The SMILES string of the molecule is COc1cc(C)c(C(C)C)cc1S(=O)(=O)N1CCN(c2ccccc2)CC1. The van der Waals surface area contributed by atoms with Gasteiger partial charge >= 0.3 is 0 Å². The minimum absolute atomic E-state index is 0.250. The number of methoxy groups -OCH3 is 1. The minimum atomic E-state index is -3.60. The first kappa shape index (κ1) is 19.7. The Morgan fingerprint density at radius 2 is 1.63 bits per heavy atom. The molecule has 1 fully saturated rings. The summed E-state index contributed by atoms with van der Waals surface area (Å²) < 4.78 is 33.6. The zero-order valence-corrected chi connectivity index (χ0v) is 17.3. The second-order valence-electron chi connectivity index (χ2n) is 7.24. The van der Waals surface area contributed by atoms with Gasteiger partial charge in [-0.1, -0.05) is 32.0 Å². The van der Waals surface area contributed by atoms with Crippen LogP contribution < -0.4 is 9.64 Å². The van der Waals surface area contributed by atoms with Crippen molar-refractivity contribution in [3.63, 3.8) is 0 Å². The highest BCUT2D eigenvalue weighted by Crippen LogP contribution is 2.33. The molecular weight excluding hydrogens is 360 g/mol. The van der Waals surface area contributed by atoms with E-state index in [1.54, 1.807) is 10.4 Å². The number of benzene rings is 2. The quantitative estimate of drug-likeness (QED) is 0.785. The zero-order valence-electron chi connectivity index (χ0n) is 16.5. The van der Waals surface area contributed by atoms with E-state index in [1.807, 2.05) is 31.2 Å². The number of nitrogens with zero attached hydrogens (tertiary/aromatic N) is 2. The Labute approximate surface area is 162 Å². The fourth-order valence-electron chi connectivity index (χ4n) is 3.62. The molecule has 0 bridgehead atoms. The number of hydrogen-bond donors (Lipinski definition) is 0. The molecule has 0 unspecified atom stereocenters.